The van der Waals surface area contributed by atoms with Gasteiger partial charge in [0.1, 0.15) is 5.82 Å². The number of carbonyl (C=O) groups excluding carboxylic acids is 1. The number of amides is 1. The minimum absolute atomic E-state index is 0.132. The Balaban J connectivity index is 2.69. The minimum atomic E-state index is -0.800. The fourth-order valence-corrected chi connectivity index (χ4v) is 0.914. The van der Waals surface area contributed by atoms with Crippen LogP contribution in [0.1, 0.15) is 0 Å². The molecule has 0 bridgehead atoms. The first-order chi connectivity index (χ1) is 6.63. The van der Waals surface area contributed by atoms with Crippen LogP contribution < -0.4 is 10.2 Å². The number of nitrogens with zero attached hydrogens (tertiary/aromatic N) is 3. The Kier molecular flexibility index (Phi) is 3.33. The highest BCUT2D eigenvalue weighted by molar-refractivity contribution is 5.80. The molecule has 0 aliphatic carbocycles. The van der Waals surface area contributed by atoms with Crippen molar-refractivity contribution in [3.8, 4) is 0 Å². The van der Waals surface area contributed by atoms with Crippen LogP contribution in [0, 0.1) is 6.08 Å². The second-order valence-electron chi connectivity index (χ2n) is 2.71. The molecule has 0 radical (unpaired) electrons. The summed E-state index contributed by atoms with van der Waals surface area (Å²) in [6.45, 7) is 0.132. The Morgan fingerprint density at radius 1 is 1.71 bits per heavy atom. The van der Waals surface area contributed by atoms with E-state index in [4.69, 9.17) is 0 Å². The summed E-state index contributed by atoms with van der Waals surface area (Å²) in [6, 6.07) is 1.53. The average Bonchev–Trinajstić information content (AvgIpc) is 2.17. The number of nitrogens with one attached hydrogen (secondary N) is 1. The molecule has 6 heteroatoms. The predicted molar refractivity (Wildman–Crippen MR) is 49.3 cm³/mol. The molecular formula is C8H11FN4O. The standard InChI is InChI=1S/C8H11FN4O/c1-10-7(14)5-13(2)6-3-4-11-8(9)12-6/h3-4H,5H2,1-2H3,(H,10,14). The summed E-state index contributed by atoms with van der Waals surface area (Å²) in [6.07, 6.45) is 0.504. The maximum absolute atomic E-state index is 12.6. The lowest BCUT2D eigenvalue weighted by molar-refractivity contribution is -0.119. The second kappa shape index (κ2) is 4.50. The first-order valence-electron chi connectivity index (χ1n) is 4.03. The van der Waals surface area contributed by atoms with Gasteiger partial charge in [-0.05, 0) is 6.07 Å². The van der Waals surface area contributed by atoms with Crippen LogP contribution in [-0.4, -0.2) is 36.5 Å². The summed E-state index contributed by atoms with van der Waals surface area (Å²) in [4.78, 5) is 19.4. The Morgan fingerprint density at radius 2 is 2.43 bits per heavy atom. The molecule has 1 rings (SSSR count). The lowest BCUT2D eigenvalue weighted by Gasteiger charge is -2.16. The molecule has 1 N–H and O–H groups in total. The van der Waals surface area contributed by atoms with Crippen molar-refractivity contribution < 1.29 is 9.18 Å². The van der Waals surface area contributed by atoms with Crippen molar-refractivity contribution in [2.45, 2.75) is 0 Å². The number of carbonyl (C=O) groups is 1. The summed E-state index contributed by atoms with van der Waals surface area (Å²) < 4.78 is 12.6. The number of rotatable bonds is 3. The Bertz CT molecular complexity index is 331. The zero-order valence-corrected chi connectivity index (χ0v) is 7.99. The van der Waals surface area contributed by atoms with Gasteiger partial charge in [-0.25, -0.2) is 4.98 Å². The van der Waals surface area contributed by atoms with Crippen LogP contribution >= 0.6 is 0 Å². The van der Waals surface area contributed by atoms with E-state index in [0.29, 0.717) is 5.82 Å². The summed E-state index contributed by atoms with van der Waals surface area (Å²) >= 11 is 0. The van der Waals surface area contributed by atoms with Crippen LogP contribution in [0.15, 0.2) is 12.3 Å². The zero-order chi connectivity index (χ0) is 10.6. The smallest absolute Gasteiger partial charge is 0.310 e. The van der Waals surface area contributed by atoms with Crippen molar-refractivity contribution in [1.82, 2.24) is 15.3 Å². The van der Waals surface area contributed by atoms with E-state index in [0.717, 1.165) is 0 Å². The lowest BCUT2D eigenvalue weighted by atomic mass is 10.4. The molecule has 0 aromatic carbocycles. The van der Waals surface area contributed by atoms with Gasteiger partial charge in [0.25, 0.3) is 0 Å². The molecule has 0 unspecified atom stereocenters. The van der Waals surface area contributed by atoms with Gasteiger partial charge >= 0.3 is 6.08 Å². The van der Waals surface area contributed by atoms with Crippen molar-refractivity contribution in [2.24, 2.45) is 0 Å². The van der Waals surface area contributed by atoms with Crippen LogP contribution in [-0.2, 0) is 4.79 Å². The molecule has 1 aromatic heterocycles. The van der Waals surface area contributed by atoms with E-state index >= 15 is 0 Å². The molecule has 14 heavy (non-hydrogen) atoms. The fourth-order valence-electron chi connectivity index (χ4n) is 0.914. The van der Waals surface area contributed by atoms with Gasteiger partial charge in [-0.2, -0.15) is 9.37 Å². The van der Waals surface area contributed by atoms with Crippen LogP contribution in [0.25, 0.3) is 0 Å². The molecule has 1 heterocycles. The molecule has 1 amide bonds. The van der Waals surface area contributed by atoms with E-state index in [1.807, 2.05) is 0 Å². The highest BCUT2D eigenvalue weighted by Gasteiger charge is 2.07. The molecule has 0 atom stereocenters. The third-order valence-corrected chi connectivity index (χ3v) is 1.66. The predicted octanol–water partition coefficient (Wildman–Crippen LogP) is -0.202. The average molecular weight is 198 g/mol. The Morgan fingerprint density at radius 3 is 3.00 bits per heavy atom. The highest BCUT2D eigenvalue weighted by Crippen LogP contribution is 2.05. The molecular weight excluding hydrogens is 187 g/mol. The van der Waals surface area contributed by atoms with Crippen molar-refractivity contribution in [1.29, 1.82) is 0 Å². The van der Waals surface area contributed by atoms with Gasteiger partial charge in [0.2, 0.25) is 5.91 Å². The number of likely N-dealkylation sites (N-methyl/N-ethyl adjacent to an activating group) is 2. The monoisotopic (exact) mass is 198 g/mol. The maximum atomic E-state index is 12.6. The van der Waals surface area contributed by atoms with Crippen LogP contribution in [0.3, 0.4) is 0 Å². The van der Waals surface area contributed by atoms with Gasteiger partial charge in [0.05, 0.1) is 6.54 Å². The highest BCUT2D eigenvalue weighted by atomic mass is 19.1. The Hall–Kier alpha value is -1.72. The molecule has 76 valence electrons. The lowest BCUT2D eigenvalue weighted by Crippen LogP contribution is -2.33. The number of aromatic nitrogens is 2. The normalized spacial score (nSPS) is 9.64. The molecule has 5 nitrogen and oxygen atoms in total. The zero-order valence-electron chi connectivity index (χ0n) is 7.99. The van der Waals surface area contributed by atoms with Gasteiger partial charge in [-0.1, -0.05) is 0 Å². The van der Waals surface area contributed by atoms with E-state index in [2.05, 4.69) is 15.3 Å². The van der Waals surface area contributed by atoms with E-state index in [1.165, 1.54) is 24.2 Å². The topological polar surface area (TPSA) is 58.1 Å². The Labute approximate surface area is 81.0 Å². The summed E-state index contributed by atoms with van der Waals surface area (Å²) in [7, 11) is 3.19. The molecule has 0 fully saturated rings. The number of hydrogen-bond acceptors (Lipinski definition) is 4. The molecule has 0 aliphatic rings. The summed E-state index contributed by atoms with van der Waals surface area (Å²) in [5.41, 5.74) is 0. The third kappa shape index (κ3) is 2.65. The third-order valence-electron chi connectivity index (χ3n) is 1.66. The molecule has 0 saturated carbocycles. The molecule has 0 aliphatic heterocycles. The quantitative estimate of drug-likeness (QED) is 0.683. The number of halogens is 1. The van der Waals surface area contributed by atoms with Crippen molar-refractivity contribution >= 4 is 11.7 Å². The van der Waals surface area contributed by atoms with E-state index < -0.39 is 6.08 Å². The van der Waals surface area contributed by atoms with Crippen LogP contribution in [0.4, 0.5) is 10.2 Å². The van der Waals surface area contributed by atoms with E-state index in [1.54, 1.807) is 7.05 Å². The van der Waals surface area contributed by atoms with E-state index in [-0.39, 0.29) is 12.5 Å². The largest absolute Gasteiger partial charge is 0.358 e. The van der Waals surface area contributed by atoms with Crippen LogP contribution in [0.5, 0.6) is 0 Å². The van der Waals surface area contributed by atoms with E-state index in [9.17, 15) is 9.18 Å². The van der Waals surface area contributed by atoms with Gasteiger partial charge in [0, 0.05) is 20.3 Å². The molecule has 0 spiro atoms. The maximum Gasteiger partial charge on any atom is 0.310 e. The molecule has 0 saturated heterocycles. The van der Waals surface area contributed by atoms with Gasteiger partial charge < -0.3 is 10.2 Å². The summed E-state index contributed by atoms with van der Waals surface area (Å²) in [5.74, 6) is 0.215. The van der Waals surface area contributed by atoms with Gasteiger partial charge in [-0.15, -0.1) is 0 Å². The van der Waals surface area contributed by atoms with Crippen LogP contribution in [0.2, 0.25) is 0 Å². The second-order valence-corrected chi connectivity index (χ2v) is 2.71. The SMILES string of the molecule is CNC(=O)CN(C)c1ccnc(F)n1. The van der Waals surface area contributed by atoms with Gasteiger partial charge in [0.15, 0.2) is 0 Å². The van der Waals surface area contributed by atoms with Crippen molar-refractivity contribution in [2.75, 3.05) is 25.5 Å². The van der Waals surface area contributed by atoms with Gasteiger partial charge in [-0.3, -0.25) is 4.79 Å². The fraction of sp³-hybridized carbons (Fsp3) is 0.375. The molecule has 1 aromatic rings. The number of hydrogen-bond donors (Lipinski definition) is 1. The minimum Gasteiger partial charge on any atom is -0.358 e. The van der Waals surface area contributed by atoms with Crippen molar-refractivity contribution in [3.63, 3.8) is 0 Å². The number of anilines is 1. The summed E-state index contributed by atoms with van der Waals surface area (Å²) in [5, 5.41) is 2.46. The first kappa shape index (κ1) is 10.4. The van der Waals surface area contributed by atoms with Crippen molar-refractivity contribution in [3.05, 3.63) is 18.3 Å². The first-order valence-corrected chi connectivity index (χ1v) is 4.03.